The lowest BCUT2D eigenvalue weighted by molar-refractivity contribution is 1.44. The molecule has 0 fully saturated rings. The van der Waals surface area contributed by atoms with Crippen molar-refractivity contribution in [2.24, 2.45) is 0 Å². The standard InChI is InChI=1S/C39H26/c1-3-12-26(13-4-1)38-33-16-5-2-6-17-35(33)39(36-19-10-9-18-34(36)38)32-21-11-20-30-31(32)23-22-29-24-27-14-7-8-15-28(27)25-37(29)30/h1,3-25H,2H2. The van der Waals surface area contributed by atoms with Crippen molar-refractivity contribution in [2.45, 2.75) is 6.42 Å². The van der Waals surface area contributed by atoms with Gasteiger partial charge in [0.2, 0.25) is 0 Å². The monoisotopic (exact) mass is 494 g/mol. The average molecular weight is 495 g/mol. The lowest BCUT2D eigenvalue weighted by atomic mass is 9.82. The van der Waals surface area contributed by atoms with Gasteiger partial charge in [0.05, 0.1) is 0 Å². The Morgan fingerprint density at radius 1 is 0.385 bits per heavy atom. The number of benzene rings is 7. The van der Waals surface area contributed by atoms with Gasteiger partial charge in [-0.1, -0.05) is 133 Å². The van der Waals surface area contributed by atoms with Crippen molar-refractivity contribution in [2.75, 3.05) is 0 Å². The fraction of sp³-hybridized carbons (Fsp3) is 0.0256. The highest BCUT2D eigenvalue weighted by molar-refractivity contribution is 6.19. The quantitative estimate of drug-likeness (QED) is 0.166. The van der Waals surface area contributed by atoms with Crippen molar-refractivity contribution in [3.8, 4) is 22.3 Å². The molecule has 0 saturated heterocycles. The molecule has 0 heteroatoms. The molecular weight excluding hydrogens is 468 g/mol. The first-order valence-electron chi connectivity index (χ1n) is 13.7. The van der Waals surface area contributed by atoms with Crippen LogP contribution < -0.4 is 0 Å². The Hall–Kier alpha value is -4.94. The number of rotatable bonds is 2. The largest absolute Gasteiger partial charge is 0.0801 e. The summed E-state index contributed by atoms with van der Waals surface area (Å²) < 4.78 is 0. The summed E-state index contributed by atoms with van der Waals surface area (Å²) in [6, 6.07) is 44.5. The zero-order valence-electron chi connectivity index (χ0n) is 21.6. The van der Waals surface area contributed by atoms with Crippen LogP contribution in [0.2, 0.25) is 0 Å². The summed E-state index contributed by atoms with van der Waals surface area (Å²) in [4.78, 5) is 0. The van der Waals surface area contributed by atoms with Crippen LogP contribution in [-0.2, 0) is 0 Å². The minimum absolute atomic E-state index is 0.936. The fourth-order valence-electron chi connectivity index (χ4n) is 6.48. The Morgan fingerprint density at radius 2 is 1.03 bits per heavy atom. The van der Waals surface area contributed by atoms with Crippen LogP contribution in [0.4, 0.5) is 0 Å². The van der Waals surface area contributed by atoms with Crippen LogP contribution in [-0.4, -0.2) is 0 Å². The number of hydrogen-bond acceptors (Lipinski definition) is 0. The van der Waals surface area contributed by atoms with Crippen molar-refractivity contribution >= 4 is 55.2 Å². The molecule has 0 bridgehead atoms. The van der Waals surface area contributed by atoms with Gasteiger partial charge in [-0.05, 0) is 95.0 Å². The maximum Gasteiger partial charge on any atom is -0.00202 e. The molecule has 1 aliphatic carbocycles. The second kappa shape index (κ2) is 8.82. The number of hydrogen-bond donors (Lipinski definition) is 0. The summed E-state index contributed by atoms with van der Waals surface area (Å²) in [6.07, 6.45) is 10.2. The van der Waals surface area contributed by atoms with Gasteiger partial charge in [0.1, 0.15) is 0 Å². The predicted molar refractivity (Wildman–Crippen MR) is 170 cm³/mol. The summed E-state index contributed by atoms with van der Waals surface area (Å²) in [5.74, 6) is 0. The van der Waals surface area contributed by atoms with Gasteiger partial charge in [-0.25, -0.2) is 0 Å². The van der Waals surface area contributed by atoms with Crippen molar-refractivity contribution in [1.29, 1.82) is 0 Å². The van der Waals surface area contributed by atoms with Gasteiger partial charge in [-0.3, -0.25) is 0 Å². The van der Waals surface area contributed by atoms with Crippen LogP contribution in [0.25, 0.3) is 77.5 Å². The van der Waals surface area contributed by atoms with Crippen molar-refractivity contribution in [1.82, 2.24) is 0 Å². The van der Waals surface area contributed by atoms with Crippen LogP contribution in [0.3, 0.4) is 0 Å². The lowest BCUT2D eigenvalue weighted by Gasteiger charge is -2.21. The minimum Gasteiger partial charge on any atom is -0.0801 e. The maximum atomic E-state index is 2.36. The maximum absolute atomic E-state index is 2.36. The molecule has 0 unspecified atom stereocenters. The highest BCUT2D eigenvalue weighted by atomic mass is 14.2. The van der Waals surface area contributed by atoms with E-state index in [2.05, 4.69) is 146 Å². The molecule has 0 N–H and O–H groups in total. The highest BCUT2D eigenvalue weighted by Crippen LogP contribution is 2.46. The zero-order valence-corrected chi connectivity index (χ0v) is 21.6. The molecule has 0 spiro atoms. The van der Waals surface area contributed by atoms with Gasteiger partial charge in [0.15, 0.2) is 0 Å². The van der Waals surface area contributed by atoms with Crippen LogP contribution in [0.1, 0.15) is 17.5 Å². The fourth-order valence-corrected chi connectivity index (χ4v) is 6.48. The van der Waals surface area contributed by atoms with E-state index in [4.69, 9.17) is 0 Å². The van der Waals surface area contributed by atoms with Crippen LogP contribution in [0.15, 0.2) is 133 Å². The lowest BCUT2D eigenvalue weighted by Crippen LogP contribution is -1.96. The molecular formula is C39H26. The van der Waals surface area contributed by atoms with E-state index in [0.29, 0.717) is 0 Å². The van der Waals surface area contributed by atoms with E-state index in [1.807, 2.05) is 0 Å². The van der Waals surface area contributed by atoms with Crippen LogP contribution in [0.5, 0.6) is 0 Å². The first-order valence-corrected chi connectivity index (χ1v) is 13.7. The smallest absolute Gasteiger partial charge is 0.00202 e. The van der Waals surface area contributed by atoms with E-state index < -0.39 is 0 Å². The van der Waals surface area contributed by atoms with E-state index in [9.17, 15) is 0 Å². The van der Waals surface area contributed by atoms with Crippen molar-refractivity contribution in [3.63, 3.8) is 0 Å². The molecule has 0 nitrogen and oxygen atoms in total. The SMILES string of the molecule is C1=Cc2c(c(-c3cccc4c3ccc3cc5ccccc5cc34)c3ccccc3c2-c2ccccc2)C=CC1. The Kier molecular flexibility index (Phi) is 5.00. The Morgan fingerprint density at radius 3 is 1.82 bits per heavy atom. The number of fused-ring (bicyclic) bond motifs is 6. The van der Waals surface area contributed by atoms with Crippen LogP contribution in [0, 0.1) is 0 Å². The van der Waals surface area contributed by atoms with E-state index in [0.717, 1.165) is 6.42 Å². The van der Waals surface area contributed by atoms with Gasteiger partial charge >= 0.3 is 0 Å². The Labute approximate surface area is 228 Å². The third-order valence-electron chi connectivity index (χ3n) is 8.21. The molecule has 0 aromatic heterocycles. The minimum atomic E-state index is 0.936. The second-order valence-corrected chi connectivity index (χ2v) is 10.4. The third kappa shape index (κ3) is 3.46. The van der Waals surface area contributed by atoms with E-state index in [1.54, 1.807) is 0 Å². The van der Waals surface area contributed by atoms with E-state index in [1.165, 1.54) is 76.5 Å². The first kappa shape index (κ1) is 22.1. The zero-order chi connectivity index (χ0) is 25.8. The van der Waals surface area contributed by atoms with E-state index in [-0.39, 0.29) is 0 Å². The molecule has 7 aromatic rings. The van der Waals surface area contributed by atoms with Crippen molar-refractivity contribution in [3.05, 3.63) is 145 Å². The van der Waals surface area contributed by atoms with Gasteiger partial charge in [-0.15, -0.1) is 0 Å². The molecule has 0 atom stereocenters. The molecule has 182 valence electrons. The topological polar surface area (TPSA) is 0 Å². The van der Waals surface area contributed by atoms with Gasteiger partial charge in [0, 0.05) is 0 Å². The van der Waals surface area contributed by atoms with Gasteiger partial charge < -0.3 is 0 Å². The summed E-state index contributed by atoms with van der Waals surface area (Å²) >= 11 is 0. The molecule has 0 radical (unpaired) electrons. The van der Waals surface area contributed by atoms with Crippen LogP contribution >= 0.6 is 0 Å². The van der Waals surface area contributed by atoms with Gasteiger partial charge in [0.25, 0.3) is 0 Å². The molecule has 0 amide bonds. The van der Waals surface area contributed by atoms with Gasteiger partial charge in [-0.2, -0.15) is 0 Å². The highest BCUT2D eigenvalue weighted by Gasteiger charge is 2.21. The van der Waals surface area contributed by atoms with E-state index >= 15 is 0 Å². The summed E-state index contributed by atoms with van der Waals surface area (Å²) in [5, 5.41) is 10.3. The summed E-state index contributed by atoms with van der Waals surface area (Å²) in [6.45, 7) is 0. The first-order chi connectivity index (χ1) is 19.4. The predicted octanol–water partition coefficient (Wildman–Crippen LogP) is 11.1. The molecule has 8 rings (SSSR count). The molecule has 7 aromatic carbocycles. The Bertz CT molecular complexity index is 2120. The number of allylic oxidation sites excluding steroid dienone is 2. The molecule has 0 heterocycles. The molecule has 0 aliphatic heterocycles. The average Bonchev–Trinajstić information content (AvgIpc) is 3.25. The Balaban J connectivity index is 1.51. The third-order valence-corrected chi connectivity index (χ3v) is 8.21. The normalized spacial score (nSPS) is 12.8. The molecule has 1 aliphatic rings. The summed E-state index contributed by atoms with van der Waals surface area (Å²) in [7, 11) is 0. The summed E-state index contributed by atoms with van der Waals surface area (Å²) in [5.41, 5.74) is 7.76. The van der Waals surface area contributed by atoms with Crippen molar-refractivity contribution < 1.29 is 0 Å². The molecule has 39 heavy (non-hydrogen) atoms. The molecule has 0 saturated carbocycles. The second-order valence-electron chi connectivity index (χ2n) is 10.4.